The monoisotopic (exact) mass is 458 g/mol. The summed E-state index contributed by atoms with van der Waals surface area (Å²) < 4.78 is 16.4. The molecule has 1 aliphatic rings. The van der Waals surface area contributed by atoms with Crippen LogP contribution in [0.1, 0.15) is 19.4 Å². The van der Waals surface area contributed by atoms with Gasteiger partial charge in [-0.3, -0.25) is 9.59 Å². The molecule has 0 bridgehead atoms. The van der Waals surface area contributed by atoms with E-state index in [1.807, 2.05) is 56.3 Å². The van der Waals surface area contributed by atoms with Crippen molar-refractivity contribution in [1.82, 2.24) is 0 Å². The molecule has 7 nitrogen and oxygen atoms in total. The second-order valence-corrected chi connectivity index (χ2v) is 7.92. The molecule has 4 rings (SSSR count). The number of amides is 2. The van der Waals surface area contributed by atoms with E-state index < -0.39 is 11.8 Å². The molecule has 7 heteroatoms. The zero-order chi connectivity index (χ0) is 24.2. The maximum absolute atomic E-state index is 13.6. The third-order valence-corrected chi connectivity index (χ3v) is 5.27. The van der Waals surface area contributed by atoms with Gasteiger partial charge in [-0.05, 0) is 55.8 Å². The van der Waals surface area contributed by atoms with Crippen LogP contribution in [0.3, 0.4) is 0 Å². The summed E-state index contributed by atoms with van der Waals surface area (Å²) in [5.74, 6) is 0.705. The first-order valence-corrected chi connectivity index (χ1v) is 10.9. The molecule has 1 N–H and O–H groups in total. The highest BCUT2D eigenvalue weighted by Gasteiger charge is 2.41. The molecule has 0 saturated carbocycles. The van der Waals surface area contributed by atoms with Gasteiger partial charge in [-0.25, -0.2) is 4.90 Å². The van der Waals surface area contributed by atoms with Crippen LogP contribution in [-0.2, 0) is 9.59 Å². The molecule has 0 aromatic heterocycles. The summed E-state index contributed by atoms with van der Waals surface area (Å²) in [5.41, 5.74) is 2.10. The van der Waals surface area contributed by atoms with E-state index in [0.717, 1.165) is 10.6 Å². The molecule has 0 fully saturated rings. The Labute approximate surface area is 198 Å². The highest BCUT2D eigenvalue weighted by Crippen LogP contribution is 2.39. The molecular formula is C27H26N2O5. The van der Waals surface area contributed by atoms with Gasteiger partial charge < -0.3 is 19.5 Å². The molecule has 2 amide bonds. The average molecular weight is 459 g/mol. The lowest BCUT2D eigenvalue weighted by Gasteiger charge is -2.19. The van der Waals surface area contributed by atoms with Gasteiger partial charge in [0.2, 0.25) is 0 Å². The van der Waals surface area contributed by atoms with Crippen LogP contribution >= 0.6 is 0 Å². The molecule has 3 aromatic rings. The van der Waals surface area contributed by atoms with Crippen molar-refractivity contribution in [1.29, 1.82) is 0 Å². The van der Waals surface area contributed by atoms with Gasteiger partial charge >= 0.3 is 0 Å². The Hall–Kier alpha value is -4.26. The van der Waals surface area contributed by atoms with Gasteiger partial charge in [-0.1, -0.05) is 30.3 Å². The molecule has 0 spiro atoms. The van der Waals surface area contributed by atoms with Crippen molar-refractivity contribution in [2.24, 2.45) is 0 Å². The van der Waals surface area contributed by atoms with Crippen molar-refractivity contribution in [3.8, 4) is 17.2 Å². The van der Waals surface area contributed by atoms with E-state index in [0.29, 0.717) is 28.4 Å². The van der Waals surface area contributed by atoms with Crippen LogP contribution in [-0.4, -0.2) is 32.1 Å². The number of imide groups is 1. The van der Waals surface area contributed by atoms with Crippen LogP contribution in [0.4, 0.5) is 11.4 Å². The number of rotatable bonds is 8. The first-order valence-electron chi connectivity index (χ1n) is 10.9. The van der Waals surface area contributed by atoms with Crippen molar-refractivity contribution in [3.63, 3.8) is 0 Å². The summed E-state index contributed by atoms with van der Waals surface area (Å²) in [4.78, 5) is 28.4. The minimum atomic E-state index is -0.477. The largest absolute Gasteiger partial charge is 0.497 e. The molecule has 174 valence electrons. The Morgan fingerprint density at radius 1 is 0.794 bits per heavy atom. The Bertz CT molecular complexity index is 1230. The number of ether oxygens (including phenoxy) is 3. The van der Waals surface area contributed by atoms with Gasteiger partial charge in [0.25, 0.3) is 11.8 Å². The number of hydrogen-bond donors (Lipinski definition) is 1. The normalized spacial score (nSPS) is 13.5. The van der Waals surface area contributed by atoms with Gasteiger partial charge in [0.1, 0.15) is 22.9 Å². The third kappa shape index (κ3) is 4.45. The lowest BCUT2D eigenvalue weighted by molar-refractivity contribution is -0.120. The number of carbonyl (C=O) groups is 2. The minimum absolute atomic E-state index is 0.0493. The van der Waals surface area contributed by atoms with Crippen LogP contribution in [0.25, 0.3) is 5.57 Å². The Morgan fingerprint density at radius 2 is 1.47 bits per heavy atom. The van der Waals surface area contributed by atoms with Crippen LogP contribution < -0.4 is 24.4 Å². The summed E-state index contributed by atoms with van der Waals surface area (Å²) in [6.45, 7) is 3.90. The van der Waals surface area contributed by atoms with Crippen molar-refractivity contribution < 1.29 is 23.8 Å². The second kappa shape index (κ2) is 9.70. The van der Waals surface area contributed by atoms with E-state index in [1.165, 1.54) is 14.2 Å². The third-order valence-electron chi connectivity index (χ3n) is 5.27. The molecule has 0 atom stereocenters. The molecule has 1 aliphatic heterocycles. The molecule has 0 aliphatic carbocycles. The van der Waals surface area contributed by atoms with Crippen molar-refractivity contribution >= 4 is 28.8 Å². The number of nitrogens with zero attached hydrogens (tertiary/aromatic N) is 1. The van der Waals surface area contributed by atoms with Crippen LogP contribution in [0.5, 0.6) is 17.2 Å². The zero-order valence-corrected chi connectivity index (χ0v) is 19.5. The summed E-state index contributed by atoms with van der Waals surface area (Å²) in [7, 11) is 3.02. The van der Waals surface area contributed by atoms with Crippen molar-refractivity contribution in [2.45, 2.75) is 20.0 Å². The second-order valence-electron chi connectivity index (χ2n) is 7.92. The molecule has 1 heterocycles. The van der Waals surface area contributed by atoms with Gasteiger partial charge in [0.05, 0.1) is 31.6 Å². The smallest absolute Gasteiger partial charge is 0.282 e. The fraction of sp³-hybridized carbons (Fsp3) is 0.185. The lowest BCUT2D eigenvalue weighted by atomic mass is 10.0. The van der Waals surface area contributed by atoms with E-state index >= 15 is 0 Å². The molecule has 0 radical (unpaired) electrons. The summed E-state index contributed by atoms with van der Waals surface area (Å²) in [6, 6.07) is 21.3. The van der Waals surface area contributed by atoms with E-state index in [2.05, 4.69) is 5.32 Å². The molecule has 0 unspecified atom stereocenters. The van der Waals surface area contributed by atoms with Crippen LogP contribution in [0, 0.1) is 0 Å². The number of anilines is 2. The van der Waals surface area contributed by atoms with Crippen molar-refractivity contribution in [3.05, 3.63) is 84.1 Å². The minimum Gasteiger partial charge on any atom is -0.497 e. The van der Waals surface area contributed by atoms with Gasteiger partial charge in [0.15, 0.2) is 0 Å². The fourth-order valence-electron chi connectivity index (χ4n) is 3.74. The number of benzene rings is 3. The highest BCUT2D eigenvalue weighted by molar-refractivity contribution is 6.46. The number of nitrogens with one attached hydrogen (secondary N) is 1. The van der Waals surface area contributed by atoms with Crippen LogP contribution in [0.15, 0.2) is 78.5 Å². The van der Waals surface area contributed by atoms with Crippen molar-refractivity contribution in [2.75, 3.05) is 24.4 Å². The molecule has 0 saturated heterocycles. The summed E-state index contributed by atoms with van der Waals surface area (Å²) in [5, 5.41) is 3.16. The zero-order valence-electron chi connectivity index (χ0n) is 19.5. The Balaban J connectivity index is 1.75. The summed E-state index contributed by atoms with van der Waals surface area (Å²) in [6.07, 6.45) is 0.0493. The molecular weight excluding hydrogens is 432 g/mol. The van der Waals surface area contributed by atoms with Crippen LogP contribution in [0.2, 0.25) is 0 Å². The first-order chi connectivity index (χ1) is 16.4. The molecule has 3 aromatic carbocycles. The topological polar surface area (TPSA) is 77.1 Å². The van der Waals surface area contributed by atoms with Gasteiger partial charge in [0, 0.05) is 11.8 Å². The number of carbonyl (C=O) groups excluding carboxylic acids is 2. The number of methoxy groups -OCH3 is 2. The van der Waals surface area contributed by atoms with E-state index in [1.54, 1.807) is 30.3 Å². The Morgan fingerprint density at radius 3 is 2.09 bits per heavy atom. The fourth-order valence-corrected chi connectivity index (χ4v) is 3.74. The van der Waals surface area contributed by atoms with E-state index in [4.69, 9.17) is 14.2 Å². The Kier molecular flexibility index (Phi) is 6.54. The first kappa shape index (κ1) is 22.9. The maximum atomic E-state index is 13.6. The van der Waals surface area contributed by atoms with E-state index in [9.17, 15) is 9.59 Å². The SMILES string of the molecule is COc1ccc(N2C(=O)C(Nc3ccc(OC(C)C)cc3)=C(c3ccccc3)C2=O)c(OC)c1. The average Bonchev–Trinajstić information content (AvgIpc) is 3.09. The summed E-state index contributed by atoms with van der Waals surface area (Å²) >= 11 is 0. The molecule has 34 heavy (non-hydrogen) atoms. The lowest BCUT2D eigenvalue weighted by Crippen LogP contribution is -2.32. The quantitative estimate of drug-likeness (QED) is 0.485. The highest BCUT2D eigenvalue weighted by atomic mass is 16.5. The number of hydrogen-bond acceptors (Lipinski definition) is 6. The van der Waals surface area contributed by atoms with E-state index in [-0.39, 0.29) is 17.4 Å². The van der Waals surface area contributed by atoms with Gasteiger partial charge in [-0.15, -0.1) is 0 Å². The standard InChI is InChI=1S/C27H26N2O5/c1-17(2)34-20-12-10-19(11-13-20)28-25-24(18-8-6-5-7-9-18)26(30)29(27(25)31)22-15-14-21(32-3)16-23(22)33-4/h5-17,28H,1-4H3. The predicted octanol–water partition coefficient (Wildman–Crippen LogP) is 4.89. The maximum Gasteiger partial charge on any atom is 0.282 e. The van der Waals surface area contributed by atoms with Gasteiger partial charge in [-0.2, -0.15) is 0 Å². The predicted molar refractivity (Wildman–Crippen MR) is 131 cm³/mol.